The Morgan fingerprint density at radius 3 is 1.41 bits per heavy atom. The van der Waals surface area contributed by atoms with E-state index in [9.17, 15) is 10.5 Å². The molecule has 34 heavy (non-hydrogen) atoms. The van der Waals surface area contributed by atoms with Crippen molar-refractivity contribution in [2.75, 3.05) is 26.2 Å². The smallest absolute Gasteiger partial charge is 0.169 e. The summed E-state index contributed by atoms with van der Waals surface area (Å²) in [5.41, 5.74) is 2.83. The zero-order valence-electron chi connectivity index (χ0n) is 19.8. The molecule has 0 spiro atoms. The molecule has 0 aliphatic carbocycles. The Labute approximate surface area is 203 Å². The number of benzene rings is 2. The lowest BCUT2D eigenvalue weighted by Crippen LogP contribution is -2.48. The van der Waals surface area contributed by atoms with Crippen molar-refractivity contribution in [1.29, 1.82) is 10.5 Å². The van der Waals surface area contributed by atoms with Gasteiger partial charge >= 0.3 is 0 Å². The van der Waals surface area contributed by atoms with Gasteiger partial charge in [0, 0.05) is 51.4 Å². The van der Waals surface area contributed by atoms with Gasteiger partial charge in [0.25, 0.3) is 0 Å². The quantitative estimate of drug-likeness (QED) is 0.592. The van der Waals surface area contributed by atoms with Crippen molar-refractivity contribution in [3.8, 4) is 12.1 Å². The largest absolute Gasteiger partial charge is 0.367 e. The summed E-state index contributed by atoms with van der Waals surface area (Å²) in [6.45, 7) is 5.96. The van der Waals surface area contributed by atoms with Gasteiger partial charge in [-0.3, -0.25) is 9.80 Å². The molecule has 2 aromatic carbocycles. The maximum absolute atomic E-state index is 9.54. The van der Waals surface area contributed by atoms with Gasteiger partial charge in [0.05, 0.1) is 0 Å². The van der Waals surface area contributed by atoms with Gasteiger partial charge in [0.2, 0.25) is 0 Å². The Kier molecular flexibility index (Phi) is 8.57. The van der Waals surface area contributed by atoms with Crippen molar-refractivity contribution in [2.24, 2.45) is 0 Å². The van der Waals surface area contributed by atoms with E-state index in [1.807, 2.05) is 0 Å². The Bertz CT molecular complexity index is 923. The molecule has 2 N–H and O–H groups in total. The molecule has 6 nitrogen and oxygen atoms in total. The average Bonchev–Trinajstić information content (AvgIpc) is 2.88. The lowest BCUT2D eigenvalue weighted by molar-refractivity contribution is 0.184. The van der Waals surface area contributed by atoms with E-state index in [-0.39, 0.29) is 17.7 Å². The predicted octanol–water partition coefficient (Wildman–Crippen LogP) is 3.75. The second kappa shape index (κ2) is 12.2. The van der Waals surface area contributed by atoms with E-state index >= 15 is 0 Å². The first kappa shape index (κ1) is 23.8. The summed E-state index contributed by atoms with van der Waals surface area (Å²) in [5, 5.41) is 26.1. The van der Waals surface area contributed by atoms with Crippen LogP contribution < -0.4 is 10.6 Å². The van der Waals surface area contributed by atoms with E-state index in [4.69, 9.17) is 0 Å². The molecular weight excluding hydrogens is 420 g/mol. The molecule has 0 radical (unpaired) electrons. The number of rotatable bonds is 8. The summed E-state index contributed by atoms with van der Waals surface area (Å²) in [6, 6.07) is 25.9. The van der Waals surface area contributed by atoms with Gasteiger partial charge in [0.1, 0.15) is 18.0 Å². The Morgan fingerprint density at radius 2 is 1.06 bits per heavy atom. The van der Waals surface area contributed by atoms with Crippen LogP contribution in [-0.2, 0) is 13.1 Å². The molecular formula is C28H34N6. The van der Waals surface area contributed by atoms with Crippen LogP contribution in [0.2, 0.25) is 0 Å². The van der Waals surface area contributed by atoms with E-state index in [1.165, 1.54) is 11.1 Å². The summed E-state index contributed by atoms with van der Waals surface area (Å²) in [7, 11) is 0. The Morgan fingerprint density at radius 1 is 0.676 bits per heavy atom. The number of nitrogens with one attached hydrogen (secondary N) is 2. The number of nitriles is 2. The van der Waals surface area contributed by atoms with Gasteiger partial charge in [-0.25, -0.2) is 0 Å². The number of nitrogens with zero attached hydrogens (tertiary/aromatic N) is 4. The van der Waals surface area contributed by atoms with Crippen molar-refractivity contribution in [1.82, 2.24) is 20.4 Å². The maximum Gasteiger partial charge on any atom is 0.169 e. The highest BCUT2D eigenvalue weighted by Gasteiger charge is 2.24. The molecule has 2 fully saturated rings. The second-order valence-corrected chi connectivity index (χ2v) is 9.33. The van der Waals surface area contributed by atoms with Gasteiger partial charge < -0.3 is 10.6 Å². The van der Waals surface area contributed by atoms with Gasteiger partial charge in [-0.15, -0.1) is 0 Å². The molecule has 2 aliphatic rings. The summed E-state index contributed by atoms with van der Waals surface area (Å²) in [5.74, 6) is 0.619. The zero-order chi connectivity index (χ0) is 23.6. The molecule has 6 heteroatoms. The first-order valence-corrected chi connectivity index (χ1v) is 12.3. The van der Waals surface area contributed by atoms with Crippen LogP contribution in [0.4, 0.5) is 0 Å². The van der Waals surface area contributed by atoms with Crippen molar-refractivity contribution in [3.63, 3.8) is 0 Å². The molecule has 0 saturated carbocycles. The summed E-state index contributed by atoms with van der Waals surface area (Å²) < 4.78 is 0. The number of likely N-dealkylation sites (tertiary alicyclic amines) is 2. The lowest BCUT2D eigenvalue weighted by atomic mass is 10.0. The minimum Gasteiger partial charge on any atom is -0.367 e. The van der Waals surface area contributed by atoms with Crippen LogP contribution in [0.25, 0.3) is 0 Å². The van der Waals surface area contributed by atoms with Gasteiger partial charge in [-0.1, -0.05) is 60.7 Å². The minimum absolute atomic E-state index is 0.151. The fraction of sp³-hybridized carbons (Fsp3) is 0.429. The summed E-state index contributed by atoms with van der Waals surface area (Å²) in [4.78, 5) is 4.95. The Balaban J connectivity index is 1.27. The fourth-order valence-electron chi connectivity index (χ4n) is 4.89. The lowest BCUT2D eigenvalue weighted by Gasteiger charge is -2.36. The number of hydrogen-bond donors (Lipinski definition) is 2. The third-order valence-corrected chi connectivity index (χ3v) is 6.84. The van der Waals surface area contributed by atoms with Crippen molar-refractivity contribution >= 4 is 0 Å². The van der Waals surface area contributed by atoms with Crippen LogP contribution in [0.15, 0.2) is 72.1 Å². The number of allylic oxidation sites excluding steroid dienone is 1. The van der Waals surface area contributed by atoms with Crippen molar-refractivity contribution in [2.45, 2.75) is 50.9 Å². The van der Waals surface area contributed by atoms with E-state index < -0.39 is 0 Å². The molecule has 2 aromatic rings. The fourth-order valence-corrected chi connectivity index (χ4v) is 4.89. The van der Waals surface area contributed by atoms with E-state index in [2.05, 4.69) is 93.2 Å². The highest BCUT2D eigenvalue weighted by molar-refractivity contribution is 5.39. The molecule has 0 atom stereocenters. The van der Waals surface area contributed by atoms with Gasteiger partial charge in [-0.05, 0) is 36.8 Å². The van der Waals surface area contributed by atoms with Crippen LogP contribution >= 0.6 is 0 Å². The summed E-state index contributed by atoms with van der Waals surface area (Å²) in [6.07, 6.45) is 3.99. The van der Waals surface area contributed by atoms with Crippen LogP contribution in [0, 0.1) is 22.7 Å². The molecule has 0 bridgehead atoms. The van der Waals surface area contributed by atoms with Crippen molar-refractivity contribution in [3.05, 3.63) is 83.2 Å². The standard InChI is InChI=1S/C28H34N6/c29-19-25(20-30)28(31-26-11-15-33(16-12-26)21-23-7-3-1-4-8-23)32-27-13-17-34(18-14-27)22-24-9-5-2-6-10-24/h1-10,26-27,31-32H,11-18,21-22H2. The SMILES string of the molecule is N#CC(C#N)=C(NC1CCN(Cc2ccccc2)CC1)NC1CCN(Cc2ccccc2)CC1. The first-order valence-electron chi connectivity index (χ1n) is 12.3. The molecule has 176 valence electrons. The molecule has 0 aromatic heterocycles. The van der Waals surface area contributed by atoms with E-state index in [0.29, 0.717) is 5.82 Å². The number of piperidine rings is 2. The van der Waals surface area contributed by atoms with Crippen LogP contribution in [0.1, 0.15) is 36.8 Å². The Hall–Kier alpha value is -3.32. The van der Waals surface area contributed by atoms with Gasteiger partial charge in [0.15, 0.2) is 5.57 Å². The predicted molar refractivity (Wildman–Crippen MR) is 134 cm³/mol. The van der Waals surface area contributed by atoms with E-state index in [1.54, 1.807) is 0 Å². The molecule has 2 aliphatic heterocycles. The monoisotopic (exact) mass is 454 g/mol. The number of hydrogen-bond acceptors (Lipinski definition) is 6. The molecule has 0 unspecified atom stereocenters. The van der Waals surface area contributed by atoms with Crippen LogP contribution in [0.3, 0.4) is 0 Å². The second-order valence-electron chi connectivity index (χ2n) is 9.33. The molecule has 2 saturated heterocycles. The van der Waals surface area contributed by atoms with E-state index in [0.717, 1.165) is 65.0 Å². The van der Waals surface area contributed by atoms with Crippen LogP contribution in [0.5, 0.6) is 0 Å². The van der Waals surface area contributed by atoms with Crippen LogP contribution in [-0.4, -0.2) is 48.1 Å². The normalized spacial score (nSPS) is 17.9. The first-order chi connectivity index (χ1) is 16.7. The minimum atomic E-state index is 0.151. The third-order valence-electron chi connectivity index (χ3n) is 6.84. The molecule has 4 rings (SSSR count). The zero-order valence-corrected chi connectivity index (χ0v) is 19.8. The average molecular weight is 455 g/mol. The van der Waals surface area contributed by atoms with Gasteiger partial charge in [-0.2, -0.15) is 10.5 Å². The van der Waals surface area contributed by atoms with Crippen molar-refractivity contribution < 1.29 is 0 Å². The highest BCUT2D eigenvalue weighted by Crippen LogP contribution is 2.18. The molecule has 0 amide bonds. The molecule has 2 heterocycles. The maximum atomic E-state index is 9.54. The highest BCUT2D eigenvalue weighted by atomic mass is 15.2. The summed E-state index contributed by atoms with van der Waals surface area (Å²) >= 11 is 0. The topological polar surface area (TPSA) is 78.1 Å². The third kappa shape index (κ3) is 6.84.